The molecule has 1 heterocycles. The van der Waals surface area contributed by atoms with E-state index < -0.39 is 22.7 Å². The Labute approximate surface area is 158 Å². The van der Waals surface area contributed by atoms with Crippen LogP contribution in [0.25, 0.3) is 0 Å². The molecule has 142 valence electrons. The van der Waals surface area contributed by atoms with Gasteiger partial charge in [0, 0.05) is 5.56 Å². The topological polar surface area (TPSA) is 124 Å². The van der Waals surface area contributed by atoms with Crippen molar-refractivity contribution < 1.29 is 23.9 Å². The smallest absolute Gasteiger partial charge is 0.343 e. The van der Waals surface area contributed by atoms with Gasteiger partial charge < -0.3 is 18.9 Å². The highest BCUT2D eigenvalue weighted by Gasteiger charge is 2.97. The molecule has 0 saturated heterocycles. The summed E-state index contributed by atoms with van der Waals surface area (Å²) in [7, 11) is 3.05. The van der Waals surface area contributed by atoms with E-state index in [2.05, 4.69) is 17.1 Å². The first-order valence-corrected chi connectivity index (χ1v) is 8.72. The summed E-state index contributed by atoms with van der Waals surface area (Å²) in [6.45, 7) is 4.12. The first-order chi connectivity index (χ1) is 13.0. The molecule has 0 unspecified atom stereocenters. The third-order valence-corrected chi connectivity index (χ3v) is 5.44. The summed E-state index contributed by atoms with van der Waals surface area (Å²) in [4.78, 5) is 2.95. The Hall–Kier alpha value is -2.81. The standard InChI is InChI=1S/C19H22N4O4/c1-5-26-19(27-6-2)18(11-21)15(17(18,10-20)16(22)23-19)12-8-7-9-13(24-3)14(12)25-4/h7-9,15H,5-6H2,1-4H3,(H2,22,23)/p+1/t15-,17+,18+/m0/s1. The largest absolute Gasteiger partial charge is 0.493 e. The number of ether oxygens (including phenoxy) is 4. The molecule has 0 spiro atoms. The molecule has 0 bridgehead atoms. The number of hydrogen-bond acceptors (Lipinski definition) is 7. The second-order valence-electron chi connectivity index (χ2n) is 6.38. The zero-order valence-electron chi connectivity index (χ0n) is 15.8. The Morgan fingerprint density at radius 2 is 1.78 bits per heavy atom. The quantitative estimate of drug-likeness (QED) is 0.646. The van der Waals surface area contributed by atoms with Gasteiger partial charge in [0.15, 0.2) is 22.3 Å². The van der Waals surface area contributed by atoms with E-state index in [9.17, 15) is 10.5 Å². The van der Waals surface area contributed by atoms with Crippen LogP contribution in [0.1, 0.15) is 25.3 Å². The molecule has 0 aromatic heterocycles. The molecule has 0 amide bonds. The number of para-hydroxylation sites is 1. The summed E-state index contributed by atoms with van der Waals surface area (Å²) in [5.74, 6) is -1.01. The molecule has 8 nitrogen and oxygen atoms in total. The van der Waals surface area contributed by atoms with Gasteiger partial charge in [-0.05, 0) is 19.9 Å². The van der Waals surface area contributed by atoms with Crippen molar-refractivity contribution in [3.63, 3.8) is 0 Å². The molecule has 1 aromatic carbocycles. The zero-order chi connectivity index (χ0) is 19.9. The fourth-order valence-electron chi connectivity index (χ4n) is 4.46. The molecular formula is C19H23N4O4+. The lowest BCUT2D eigenvalue weighted by atomic mass is 9.93. The number of nitrogens with zero attached hydrogens (tertiary/aromatic N) is 2. The SMILES string of the molecule is CCOC1(OCC)[NH+]=C(N)[C@@]2(C#N)[C@H](c3cccc(OC)c3OC)[C@@]12C#N. The lowest BCUT2D eigenvalue weighted by Gasteiger charge is -2.29. The average molecular weight is 371 g/mol. The van der Waals surface area contributed by atoms with Crippen LogP contribution in [-0.4, -0.2) is 39.2 Å². The van der Waals surface area contributed by atoms with Gasteiger partial charge >= 0.3 is 5.91 Å². The molecule has 1 aliphatic heterocycles. The molecule has 3 N–H and O–H groups in total. The summed E-state index contributed by atoms with van der Waals surface area (Å²) in [5, 5.41) is 20.3. The third-order valence-electron chi connectivity index (χ3n) is 5.44. The highest BCUT2D eigenvalue weighted by molar-refractivity contribution is 5.95. The highest BCUT2D eigenvalue weighted by atomic mass is 16.7. The predicted octanol–water partition coefficient (Wildman–Crippen LogP) is -0.000840. The van der Waals surface area contributed by atoms with E-state index in [0.717, 1.165) is 0 Å². The first-order valence-electron chi connectivity index (χ1n) is 8.72. The van der Waals surface area contributed by atoms with Gasteiger partial charge in [-0.1, -0.05) is 12.1 Å². The Morgan fingerprint density at radius 3 is 2.26 bits per heavy atom. The Balaban J connectivity index is 2.28. The van der Waals surface area contributed by atoms with Crippen molar-refractivity contribution in [3.8, 4) is 23.6 Å². The third kappa shape index (κ3) is 2.00. The number of methoxy groups -OCH3 is 2. The number of nitrogens with one attached hydrogen (secondary N) is 1. The molecule has 1 aliphatic carbocycles. The van der Waals surface area contributed by atoms with Gasteiger partial charge in [-0.25, -0.2) is 4.99 Å². The maximum absolute atomic E-state index is 10.2. The van der Waals surface area contributed by atoms with Crippen molar-refractivity contribution in [1.82, 2.24) is 0 Å². The molecule has 27 heavy (non-hydrogen) atoms. The minimum Gasteiger partial charge on any atom is -0.493 e. The van der Waals surface area contributed by atoms with Crippen LogP contribution in [-0.2, 0) is 9.47 Å². The second kappa shape index (κ2) is 6.41. The molecule has 1 saturated carbocycles. The summed E-state index contributed by atoms with van der Waals surface area (Å²) < 4.78 is 22.7. The molecule has 3 rings (SSSR count). The Bertz CT molecular complexity index is 865. The molecule has 8 heteroatoms. The van der Waals surface area contributed by atoms with Gasteiger partial charge in [-0.2, -0.15) is 10.5 Å². The van der Waals surface area contributed by atoms with Gasteiger partial charge in [-0.15, -0.1) is 0 Å². The number of nitriles is 2. The molecule has 3 atom stereocenters. The number of amidine groups is 1. The van der Waals surface area contributed by atoms with Crippen LogP contribution in [0.15, 0.2) is 18.2 Å². The minimum atomic E-state index is -1.52. The second-order valence-corrected chi connectivity index (χ2v) is 6.38. The average Bonchev–Trinajstić information content (AvgIpc) is 3.26. The van der Waals surface area contributed by atoms with Crippen molar-refractivity contribution in [2.24, 2.45) is 16.6 Å². The van der Waals surface area contributed by atoms with E-state index in [4.69, 9.17) is 24.7 Å². The molecule has 2 aliphatic rings. The Morgan fingerprint density at radius 1 is 1.11 bits per heavy atom. The van der Waals surface area contributed by atoms with Crippen LogP contribution in [0.5, 0.6) is 11.5 Å². The lowest BCUT2D eigenvalue weighted by molar-refractivity contribution is -0.693. The summed E-state index contributed by atoms with van der Waals surface area (Å²) in [5.41, 5.74) is 4.21. The predicted molar refractivity (Wildman–Crippen MR) is 94.5 cm³/mol. The first kappa shape index (κ1) is 19.0. The van der Waals surface area contributed by atoms with Crippen molar-refractivity contribution in [2.75, 3.05) is 27.4 Å². The fourth-order valence-corrected chi connectivity index (χ4v) is 4.46. The van der Waals surface area contributed by atoms with Gasteiger partial charge in [0.2, 0.25) is 0 Å². The van der Waals surface area contributed by atoms with Crippen molar-refractivity contribution in [1.29, 1.82) is 10.5 Å². The van der Waals surface area contributed by atoms with Gasteiger partial charge in [0.1, 0.15) is 0 Å². The van der Waals surface area contributed by atoms with Crippen LogP contribution in [0.2, 0.25) is 0 Å². The minimum absolute atomic E-state index is 0.156. The maximum Gasteiger partial charge on any atom is 0.343 e. The Kier molecular flexibility index (Phi) is 4.51. The van der Waals surface area contributed by atoms with Crippen molar-refractivity contribution in [2.45, 2.75) is 25.7 Å². The molecular weight excluding hydrogens is 348 g/mol. The van der Waals surface area contributed by atoms with E-state index >= 15 is 0 Å². The van der Waals surface area contributed by atoms with E-state index in [1.54, 1.807) is 32.0 Å². The summed E-state index contributed by atoms with van der Waals surface area (Å²) in [6.07, 6.45) is 0. The van der Waals surface area contributed by atoms with Crippen molar-refractivity contribution >= 4 is 5.84 Å². The van der Waals surface area contributed by atoms with Crippen LogP contribution in [0.3, 0.4) is 0 Å². The summed E-state index contributed by atoms with van der Waals surface area (Å²) >= 11 is 0. The monoisotopic (exact) mass is 371 g/mol. The summed E-state index contributed by atoms with van der Waals surface area (Å²) in [6, 6.07) is 9.91. The number of hydrogen-bond donors (Lipinski definition) is 2. The zero-order valence-corrected chi connectivity index (χ0v) is 15.8. The van der Waals surface area contributed by atoms with E-state index in [-0.39, 0.29) is 19.0 Å². The number of fused-ring (bicyclic) bond motifs is 1. The van der Waals surface area contributed by atoms with E-state index in [1.165, 1.54) is 14.2 Å². The number of rotatable bonds is 7. The van der Waals surface area contributed by atoms with Crippen LogP contribution in [0, 0.1) is 33.5 Å². The number of nitrogens with two attached hydrogens (primary N) is 1. The normalized spacial score (nSPS) is 29.9. The van der Waals surface area contributed by atoms with Gasteiger partial charge in [0.25, 0.3) is 5.84 Å². The van der Waals surface area contributed by atoms with Crippen LogP contribution in [0.4, 0.5) is 0 Å². The molecule has 1 aromatic rings. The maximum atomic E-state index is 10.2. The highest BCUT2D eigenvalue weighted by Crippen LogP contribution is 2.79. The van der Waals surface area contributed by atoms with Crippen LogP contribution < -0.4 is 20.2 Å². The number of benzene rings is 1. The van der Waals surface area contributed by atoms with E-state index in [1.807, 2.05) is 0 Å². The van der Waals surface area contributed by atoms with Crippen molar-refractivity contribution in [3.05, 3.63) is 23.8 Å². The lowest BCUT2D eigenvalue weighted by Crippen LogP contribution is -2.91. The van der Waals surface area contributed by atoms with Gasteiger partial charge in [-0.3, -0.25) is 5.73 Å². The van der Waals surface area contributed by atoms with E-state index in [0.29, 0.717) is 17.1 Å². The van der Waals surface area contributed by atoms with Gasteiger partial charge in [0.05, 0.1) is 45.5 Å². The molecule has 0 radical (unpaired) electrons. The fraction of sp³-hybridized carbons (Fsp3) is 0.526. The van der Waals surface area contributed by atoms with Crippen LogP contribution >= 0.6 is 0 Å². The molecule has 1 fully saturated rings.